The van der Waals surface area contributed by atoms with Crippen LogP contribution in [-0.4, -0.2) is 23.9 Å². The molecule has 0 fully saturated rings. The van der Waals surface area contributed by atoms with Crippen LogP contribution in [0.5, 0.6) is 5.75 Å². The Bertz CT molecular complexity index is 1130. The quantitative estimate of drug-likeness (QED) is 0.455. The number of benzene rings is 2. The fourth-order valence-electron chi connectivity index (χ4n) is 2.79. The van der Waals surface area contributed by atoms with E-state index < -0.39 is 11.7 Å². The normalized spacial score (nSPS) is 11.0. The molecular weight excluding hydrogens is 445 g/mol. The number of anilines is 4. The van der Waals surface area contributed by atoms with Crippen molar-refractivity contribution in [3.8, 4) is 5.75 Å². The number of methoxy groups -OCH3 is 1. The molecule has 11 heteroatoms. The number of carbonyl (C=O) groups excluding carboxylic acids is 2. The van der Waals surface area contributed by atoms with Crippen molar-refractivity contribution in [2.75, 3.05) is 23.1 Å². The van der Waals surface area contributed by atoms with Gasteiger partial charge < -0.3 is 20.7 Å². The summed E-state index contributed by atoms with van der Waals surface area (Å²) >= 11 is 1.17. The minimum Gasteiger partial charge on any atom is -0.495 e. The number of alkyl halides is 3. The lowest BCUT2D eigenvalue weighted by Crippen LogP contribution is -2.16. The minimum atomic E-state index is -4.44. The summed E-state index contributed by atoms with van der Waals surface area (Å²) in [5.41, 5.74) is 0.786. The van der Waals surface area contributed by atoms with Crippen molar-refractivity contribution in [3.63, 3.8) is 0 Å². The van der Waals surface area contributed by atoms with Gasteiger partial charge in [-0.1, -0.05) is 6.07 Å². The molecule has 0 aliphatic carbocycles. The highest BCUT2D eigenvalue weighted by Crippen LogP contribution is 2.32. The van der Waals surface area contributed by atoms with Crippen LogP contribution in [0.2, 0.25) is 0 Å². The Labute approximate surface area is 185 Å². The molecule has 0 aliphatic rings. The van der Waals surface area contributed by atoms with Crippen LogP contribution in [0.4, 0.5) is 35.4 Å². The number of carbonyl (C=O) groups is 2. The second-order valence-electron chi connectivity index (χ2n) is 6.67. The van der Waals surface area contributed by atoms with Crippen molar-refractivity contribution >= 4 is 45.3 Å². The molecule has 3 N–H and O–H groups in total. The molecule has 0 bridgehead atoms. The van der Waals surface area contributed by atoms with Crippen LogP contribution in [0, 0.1) is 0 Å². The molecule has 3 aromatic rings. The van der Waals surface area contributed by atoms with Crippen molar-refractivity contribution in [2.24, 2.45) is 0 Å². The van der Waals surface area contributed by atoms with Gasteiger partial charge in [0.2, 0.25) is 11.8 Å². The zero-order valence-electron chi connectivity index (χ0n) is 17.0. The van der Waals surface area contributed by atoms with Gasteiger partial charge in [0.1, 0.15) is 5.75 Å². The summed E-state index contributed by atoms with van der Waals surface area (Å²) in [7, 11) is 1.45. The van der Waals surface area contributed by atoms with E-state index >= 15 is 0 Å². The molecule has 0 unspecified atom stereocenters. The first kappa shape index (κ1) is 23.1. The van der Waals surface area contributed by atoms with E-state index in [4.69, 9.17) is 4.74 Å². The van der Waals surface area contributed by atoms with Crippen LogP contribution < -0.4 is 20.7 Å². The van der Waals surface area contributed by atoms with Crippen molar-refractivity contribution in [2.45, 2.75) is 19.5 Å². The molecular formula is C21H19F3N4O3S. The maximum Gasteiger partial charge on any atom is 0.416 e. The number of nitrogens with one attached hydrogen (secondary N) is 3. The second kappa shape index (κ2) is 9.69. The molecule has 2 amide bonds. The van der Waals surface area contributed by atoms with Crippen LogP contribution in [0.1, 0.15) is 18.2 Å². The predicted octanol–water partition coefficient (Wildman–Crippen LogP) is 5.05. The summed E-state index contributed by atoms with van der Waals surface area (Å²) in [6.45, 7) is 1.37. The Morgan fingerprint density at radius 1 is 1.09 bits per heavy atom. The van der Waals surface area contributed by atoms with Crippen LogP contribution in [0.15, 0.2) is 47.8 Å². The average Bonchev–Trinajstić information content (AvgIpc) is 3.14. The number of thiazole rings is 1. The molecule has 0 atom stereocenters. The SMILES string of the molecule is COc1ccc(NC(C)=O)cc1NC(=O)Cc1csc(Nc2cccc(C(F)(F)F)c2)n1. The van der Waals surface area contributed by atoms with E-state index in [9.17, 15) is 22.8 Å². The first-order valence-electron chi connectivity index (χ1n) is 9.28. The van der Waals surface area contributed by atoms with Gasteiger partial charge in [-0.2, -0.15) is 13.2 Å². The van der Waals surface area contributed by atoms with Gasteiger partial charge in [0, 0.05) is 23.7 Å². The Kier molecular flexibility index (Phi) is 6.98. The number of ether oxygens (including phenoxy) is 1. The van der Waals surface area contributed by atoms with E-state index in [-0.39, 0.29) is 23.9 Å². The zero-order chi connectivity index (χ0) is 23.3. The average molecular weight is 464 g/mol. The largest absolute Gasteiger partial charge is 0.495 e. The molecule has 0 saturated carbocycles. The van der Waals surface area contributed by atoms with Crippen LogP contribution in [-0.2, 0) is 22.2 Å². The molecule has 1 aromatic heterocycles. The maximum absolute atomic E-state index is 12.9. The molecule has 1 heterocycles. The van der Waals surface area contributed by atoms with Crippen molar-refractivity contribution in [3.05, 3.63) is 59.1 Å². The van der Waals surface area contributed by atoms with Crippen molar-refractivity contribution in [1.29, 1.82) is 0 Å². The molecule has 0 aliphatic heterocycles. The van der Waals surface area contributed by atoms with Crippen molar-refractivity contribution in [1.82, 2.24) is 4.98 Å². The van der Waals surface area contributed by atoms with Crippen LogP contribution in [0.25, 0.3) is 0 Å². The highest BCUT2D eigenvalue weighted by Gasteiger charge is 2.30. The number of hydrogen-bond acceptors (Lipinski definition) is 6. The first-order valence-corrected chi connectivity index (χ1v) is 10.2. The lowest BCUT2D eigenvalue weighted by molar-refractivity contribution is -0.137. The third-order valence-electron chi connectivity index (χ3n) is 4.13. The third-order valence-corrected chi connectivity index (χ3v) is 4.94. The smallest absolute Gasteiger partial charge is 0.416 e. The number of aromatic nitrogens is 1. The summed E-state index contributed by atoms with van der Waals surface area (Å²) in [5.74, 6) is -0.215. The lowest BCUT2D eigenvalue weighted by atomic mass is 10.2. The number of nitrogens with zero attached hydrogens (tertiary/aromatic N) is 1. The summed E-state index contributed by atoms with van der Waals surface area (Å²) in [6.07, 6.45) is -4.50. The topological polar surface area (TPSA) is 92.4 Å². The highest BCUT2D eigenvalue weighted by molar-refractivity contribution is 7.13. The Balaban J connectivity index is 1.66. The Morgan fingerprint density at radius 3 is 2.56 bits per heavy atom. The third kappa shape index (κ3) is 6.20. The molecule has 0 radical (unpaired) electrons. The van der Waals surface area contributed by atoms with Gasteiger partial charge in [0.05, 0.1) is 30.5 Å². The standard InChI is InChI=1S/C21H19F3N4O3S/c1-12(29)25-15-6-7-18(31-2)17(9-15)28-19(30)10-16-11-32-20(27-16)26-14-5-3-4-13(8-14)21(22,23)24/h3-9,11H,10H2,1-2H3,(H,25,29)(H,26,27)(H,28,30). The Hall–Kier alpha value is -3.60. The number of halogens is 3. The van der Waals surface area contributed by atoms with Crippen LogP contribution in [0.3, 0.4) is 0 Å². The minimum absolute atomic E-state index is 0.0612. The van der Waals surface area contributed by atoms with Gasteiger partial charge in [-0.15, -0.1) is 11.3 Å². The summed E-state index contributed by atoms with van der Waals surface area (Å²) in [4.78, 5) is 28.0. The number of hydrogen-bond donors (Lipinski definition) is 3. The van der Waals surface area contributed by atoms with E-state index in [1.165, 1.54) is 37.5 Å². The van der Waals surface area contributed by atoms with Crippen LogP contribution >= 0.6 is 11.3 Å². The molecule has 3 rings (SSSR count). The molecule has 0 saturated heterocycles. The van der Waals surface area contributed by atoms with E-state index in [2.05, 4.69) is 20.9 Å². The zero-order valence-corrected chi connectivity index (χ0v) is 17.9. The fourth-order valence-corrected chi connectivity index (χ4v) is 3.52. The van der Waals surface area contributed by atoms with Crippen molar-refractivity contribution < 1.29 is 27.5 Å². The monoisotopic (exact) mass is 464 g/mol. The molecule has 0 spiro atoms. The Morgan fingerprint density at radius 2 is 1.88 bits per heavy atom. The lowest BCUT2D eigenvalue weighted by Gasteiger charge is -2.12. The number of rotatable bonds is 7. The van der Waals surface area contributed by atoms with E-state index in [1.807, 2.05) is 0 Å². The highest BCUT2D eigenvalue weighted by atomic mass is 32.1. The van der Waals surface area contributed by atoms with E-state index in [1.54, 1.807) is 23.6 Å². The summed E-state index contributed by atoms with van der Waals surface area (Å²) in [6, 6.07) is 9.59. The molecule has 32 heavy (non-hydrogen) atoms. The first-order chi connectivity index (χ1) is 15.1. The van der Waals surface area contributed by atoms with Gasteiger partial charge >= 0.3 is 6.18 Å². The van der Waals surface area contributed by atoms with Gasteiger partial charge in [-0.05, 0) is 36.4 Å². The second-order valence-corrected chi connectivity index (χ2v) is 7.53. The summed E-state index contributed by atoms with van der Waals surface area (Å²) in [5, 5.41) is 10.2. The summed E-state index contributed by atoms with van der Waals surface area (Å²) < 4.78 is 43.8. The number of amides is 2. The van der Waals surface area contributed by atoms with E-state index in [0.29, 0.717) is 27.9 Å². The van der Waals surface area contributed by atoms with Gasteiger partial charge in [-0.3, -0.25) is 9.59 Å². The van der Waals surface area contributed by atoms with Gasteiger partial charge in [0.25, 0.3) is 0 Å². The maximum atomic E-state index is 12.9. The molecule has 2 aromatic carbocycles. The predicted molar refractivity (Wildman–Crippen MR) is 116 cm³/mol. The van der Waals surface area contributed by atoms with E-state index in [0.717, 1.165) is 12.1 Å². The molecule has 168 valence electrons. The molecule has 7 nitrogen and oxygen atoms in total. The van der Waals surface area contributed by atoms with Gasteiger partial charge in [0.15, 0.2) is 5.13 Å². The fraction of sp³-hybridized carbons (Fsp3) is 0.190. The van der Waals surface area contributed by atoms with Gasteiger partial charge in [-0.25, -0.2) is 4.98 Å².